The van der Waals surface area contributed by atoms with E-state index >= 15 is 0 Å². The number of oxazole rings is 1. The summed E-state index contributed by atoms with van der Waals surface area (Å²) >= 11 is 1.39. The van der Waals surface area contributed by atoms with E-state index in [-0.39, 0.29) is 17.0 Å². The van der Waals surface area contributed by atoms with E-state index in [1.807, 2.05) is 0 Å². The van der Waals surface area contributed by atoms with E-state index in [4.69, 9.17) is 4.42 Å². The first-order valence-corrected chi connectivity index (χ1v) is 8.59. The number of aromatic amines is 1. The maximum Gasteiger partial charge on any atom is 0.417 e. The van der Waals surface area contributed by atoms with Crippen molar-refractivity contribution in [1.82, 2.24) is 14.7 Å². The zero-order valence-electron chi connectivity index (χ0n) is 11.4. The van der Waals surface area contributed by atoms with Crippen molar-refractivity contribution in [1.29, 1.82) is 0 Å². The van der Waals surface area contributed by atoms with Crippen LogP contribution < -0.4 is 15.8 Å². The molecular weight excluding hydrogens is 328 g/mol. The van der Waals surface area contributed by atoms with Gasteiger partial charge in [0.05, 0.1) is 22.7 Å². The van der Waals surface area contributed by atoms with E-state index in [1.54, 1.807) is 12.4 Å². The molecule has 0 fully saturated rings. The minimum absolute atomic E-state index is 0.0202. The van der Waals surface area contributed by atoms with E-state index in [9.17, 15) is 13.2 Å². The van der Waals surface area contributed by atoms with Crippen LogP contribution in [0.15, 0.2) is 37.7 Å². The van der Waals surface area contributed by atoms with Crippen molar-refractivity contribution < 1.29 is 12.8 Å². The molecule has 0 amide bonds. The van der Waals surface area contributed by atoms with Gasteiger partial charge in [-0.2, -0.15) is 0 Å². The number of rotatable bonds is 5. The van der Waals surface area contributed by atoms with Crippen LogP contribution in [0, 0.1) is 0 Å². The largest absolute Gasteiger partial charge is 0.417 e. The van der Waals surface area contributed by atoms with E-state index < -0.39 is 15.8 Å². The zero-order chi connectivity index (χ0) is 15.7. The van der Waals surface area contributed by atoms with E-state index in [2.05, 4.69) is 20.0 Å². The number of anilines is 1. The maximum atomic E-state index is 12.3. The lowest BCUT2D eigenvalue weighted by Gasteiger charge is -2.05. The molecule has 0 atom stereocenters. The molecule has 8 nitrogen and oxygen atoms in total. The van der Waals surface area contributed by atoms with Gasteiger partial charge in [-0.15, -0.1) is 11.3 Å². The number of thiazole rings is 1. The topological polar surface area (TPSA) is 117 Å². The van der Waals surface area contributed by atoms with Crippen LogP contribution in [-0.4, -0.2) is 25.4 Å². The van der Waals surface area contributed by atoms with Crippen LogP contribution in [0.2, 0.25) is 0 Å². The number of nitrogens with one attached hydrogen (secondary N) is 3. The Labute approximate surface area is 129 Å². The average Bonchev–Trinajstić information content (AvgIpc) is 3.09. The number of benzene rings is 1. The summed E-state index contributed by atoms with van der Waals surface area (Å²) in [6.45, 7) is 0.0790. The summed E-state index contributed by atoms with van der Waals surface area (Å²) < 4.78 is 31.8. The highest BCUT2D eigenvalue weighted by Gasteiger charge is 2.16. The highest BCUT2D eigenvalue weighted by Crippen LogP contribution is 2.18. The number of nitrogens with zero attached hydrogens (tertiary/aromatic N) is 1. The molecular formula is C12H12N4O4S2. The van der Waals surface area contributed by atoms with Crippen LogP contribution in [-0.2, 0) is 16.6 Å². The van der Waals surface area contributed by atoms with Gasteiger partial charge in [0.2, 0.25) is 10.0 Å². The number of fused-ring (bicyclic) bond motifs is 1. The summed E-state index contributed by atoms with van der Waals surface area (Å²) in [4.78, 5) is 17.8. The van der Waals surface area contributed by atoms with Crippen LogP contribution in [0.3, 0.4) is 0 Å². The smallest absolute Gasteiger partial charge is 0.408 e. The van der Waals surface area contributed by atoms with Gasteiger partial charge in [-0.25, -0.2) is 22.9 Å². The van der Waals surface area contributed by atoms with Gasteiger partial charge < -0.3 is 9.73 Å². The van der Waals surface area contributed by atoms with Gasteiger partial charge in [0.15, 0.2) is 10.7 Å². The van der Waals surface area contributed by atoms with Gasteiger partial charge in [-0.1, -0.05) is 0 Å². The monoisotopic (exact) mass is 340 g/mol. The van der Waals surface area contributed by atoms with Crippen molar-refractivity contribution in [3.8, 4) is 0 Å². The molecule has 0 aliphatic rings. The fourth-order valence-corrected chi connectivity index (χ4v) is 3.53. The molecule has 116 valence electrons. The first-order chi connectivity index (χ1) is 10.5. The predicted molar refractivity (Wildman–Crippen MR) is 82.5 cm³/mol. The quantitative estimate of drug-likeness (QED) is 0.640. The third-order valence-electron chi connectivity index (χ3n) is 2.91. The van der Waals surface area contributed by atoms with E-state index in [0.717, 1.165) is 0 Å². The second-order valence-corrected chi connectivity index (χ2v) is 7.02. The minimum atomic E-state index is -3.72. The van der Waals surface area contributed by atoms with Crippen molar-refractivity contribution in [2.24, 2.45) is 0 Å². The van der Waals surface area contributed by atoms with Crippen LogP contribution in [0.5, 0.6) is 0 Å². The molecule has 3 aromatic rings. The van der Waals surface area contributed by atoms with Crippen LogP contribution >= 0.6 is 11.3 Å². The van der Waals surface area contributed by atoms with Gasteiger partial charge in [0.1, 0.15) is 0 Å². The predicted octanol–water partition coefficient (Wildman–Crippen LogP) is 1.10. The van der Waals surface area contributed by atoms with Crippen molar-refractivity contribution in [2.75, 3.05) is 12.4 Å². The molecule has 3 N–H and O–H groups in total. The number of sulfonamides is 1. The summed E-state index contributed by atoms with van der Waals surface area (Å²) in [6.07, 6.45) is 0. The molecule has 0 unspecified atom stereocenters. The SMILES string of the molecule is CNc1nc(CNS(=O)(=O)c2ccc3[nH]c(=O)oc3c2)cs1. The maximum absolute atomic E-state index is 12.3. The Balaban J connectivity index is 1.82. The van der Waals surface area contributed by atoms with Gasteiger partial charge >= 0.3 is 5.76 Å². The molecule has 1 aromatic carbocycles. The van der Waals surface area contributed by atoms with Crippen molar-refractivity contribution in [2.45, 2.75) is 11.4 Å². The molecule has 2 heterocycles. The summed E-state index contributed by atoms with van der Waals surface area (Å²) in [5.41, 5.74) is 1.26. The fourth-order valence-electron chi connectivity index (χ4n) is 1.85. The lowest BCUT2D eigenvalue weighted by Crippen LogP contribution is -2.23. The number of hydrogen-bond acceptors (Lipinski definition) is 7. The molecule has 2 aromatic heterocycles. The Morgan fingerprint density at radius 3 is 2.95 bits per heavy atom. The Kier molecular flexibility index (Phi) is 3.72. The zero-order valence-corrected chi connectivity index (χ0v) is 13.0. The molecule has 0 aliphatic heterocycles. The third kappa shape index (κ3) is 2.89. The van der Waals surface area contributed by atoms with Gasteiger partial charge in [0, 0.05) is 18.5 Å². The van der Waals surface area contributed by atoms with Crippen LogP contribution in [0.25, 0.3) is 11.1 Å². The highest BCUT2D eigenvalue weighted by molar-refractivity contribution is 7.89. The number of H-pyrrole nitrogens is 1. The standard InChI is InChI=1S/C12H12N4O4S2/c1-13-11-15-7(6-21-11)5-14-22(18,19)8-2-3-9-10(4-8)20-12(17)16-9/h2-4,6,14H,5H2,1H3,(H,13,15)(H,16,17). The molecule has 0 spiro atoms. The molecule has 0 radical (unpaired) electrons. The molecule has 0 saturated carbocycles. The second-order valence-electron chi connectivity index (χ2n) is 4.39. The highest BCUT2D eigenvalue weighted by atomic mass is 32.2. The molecule has 0 saturated heterocycles. The van der Waals surface area contributed by atoms with Gasteiger partial charge in [-0.05, 0) is 12.1 Å². The van der Waals surface area contributed by atoms with E-state index in [0.29, 0.717) is 16.3 Å². The minimum Gasteiger partial charge on any atom is -0.408 e. The summed E-state index contributed by atoms with van der Waals surface area (Å²) in [7, 11) is -1.98. The van der Waals surface area contributed by atoms with E-state index in [1.165, 1.54) is 29.5 Å². The Morgan fingerprint density at radius 2 is 2.23 bits per heavy atom. The summed E-state index contributed by atoms with van der Waals surface area (Å²) in [6, 6.07) is 4.18. The van der Waals surface area contributed by atoms with Crippen molar-refractivity contribution in [3.63, 3.8) is 0 Å². The summed E-state index contributed by atoms with van der Waals surface area (Å²) in [5, 5.41) is 5.36. The lowest BCUT2D eigenvalue weighted by molar-refractivity contribution is 0.553. The van der Waals surface area contributed by atoms with Gasteiger partial charge in [-0.3, -0.25) is 4.98 Å². The van der Waals surface area contributed by atoms with Crippen LogP contribution in [0.1, 0.15) is 5.69 Å². The second kappa shape index (κ2) is 5.55. The normalized spacial score (nSPS) is 11.9. The first-order valence-electron chi connectivity index (χ1n) is 6.22. The molecule has 10 heteroatoms. The number of aromatic nitrogens is 2. The molecule has 0 aliphatic carbocycles. The lowest BCUT2D eigenvalue weighted by atomic mass is 10.3. The first kappa shape index (κ1) is 14.8. The Morgan fingerprint density at radius 1 is 1.41 bits per heavy atom. The average molecular weight is 340 g/mol. The molecule has 22 heavy (non-hydrogen) atoms. The third-order valence-corrected chi connectivity index (χ3v) is 5.22. The Hall–Kier alpha value is -2.17. The van der Waals surface area contributed by atoms with Crippen molar-refractivity contribution in [3.05, 3.63) is 39.8 Å². The molecule has 0 bridgehead atoms. The summed E-state index contributed by atoms with van der Waals surface area (Å²) in [5.74, 6) is -0.625. The molecule has 3 rings (SSSR count). The van der Waals surface area contributed by atoms with Crippen LogP contribution in [0.4, 0.5) is 5.13 Å². The number of hydrogen-bond donors (Lipinski definition) is 3. The Bertz CT molecular complexity index is 970. The van der Waals surface area contributed by atoms with Crippen molar-refractivity contribution >= 4 is 37.6 Å². The van der Waals surface area contributed by atoms with Gasteiger partial charge in [0.25, 0.3) is 0 Å². The fraction of sp³-hybridized carbons (Fsp3) is 0.167.